The molecule has 0 aromatic heterocycles. The number of hydrazine groups is 1. The van der Waals surface area contributed by atoms with Gasteiger partial charge < -0.3 is 9.80 Å². The lowest BCUT2D eigenvalue weighted by Gasteiger charge is -2.44. The first-order valence-electron chi connectivity index (χ1n) is 14.2. The molecule has 2 saturated carbocycles. The first kappa shape index (κ1) is 26.1. The predicted octanol–water partition coefficient (Wildman–Crippen LogP) is 0.825. The van der Waals surface area contributed by atoms with Crippen LogP contribution in [0.2, 0.25) is 0 Å². The fraction of sp³-hybridized carbons (Fsp3) is 0.960. The van der Waals surface area contributed by atoms with Gasteiger partial charge in [0.25, 0.3) is 0 Å². The number of nitrogens with zero attached hydrogens (tertiary/aromatic N) is 4. The summed E-state index contributed by atoms with van der Waals surface area (Å²) < 4.78 is 39.7. The SMILES string of the molecule is CN1CC(C(F)(F)F)NC1C1CCC(CN2C(=N)N(C)C3CNC(C4C(C5CC5)CNN4C)NC32)CC1. The molecule has 0 aromatic carbocycles. The van der Waals surface area contributed by atoms with Gasteiger partial charge in [-0.25, -0.2) is 5.01 Å². The lowest BCUT2D eigenvalue weighted by molar-refractivity contribution is -0.150. The summed E-state index contributed by atoms with van der Waals surface area (Å²) in [5, 5.41) is 21.7. The van der Waals surface area contributed by atoms with Crippen molar-refractivity contribution in [2.24, 2.45) is 23.7 Å². The largest absolute Gasteiger partial charge is 0.405 e. The molecule has 6 rings (SSSR count). The smallest absolute Gasteiger partial charge is 0.338 e. The average molecular weight is 528 g/mol. The molecule has 4 heterocycles. The first-order chi connectivity index (χ1) is 17.6. The van der Waals surface area contributed by atoms with E-state index in [4.69, 9.17) is 5.41 Å². The van der Waals surface area contributed by atoms with Crippen LogP contribution in [0.5, 0.6) is 0 Å². The fourth-order valence-electron chi connectivity index (χ4n) is 7.92. The monoisotopic (exact) mass is 527 g/mol. The van der Waals surface area contributed by atoms with Gasteiger partial charge in [-0.15, -0.1) is 0 Å². The van der Waals surface area contributed by atoms with E-state index in [0.717, 1.165) is 51.2 Å². The number of nitrogens with one attached hydrogen (secondary N) is 5. The summed E-state index contributed by atoms with van der Waals surface area (Å²) >= 11 is 0. The van der Waals surface area contributed by atoms with Crippen LogP contribution in [0.4, 0.5) is 13.2 Å². The molecule has 5 N–H and O–H groups in total. The van der Waals surface area contributed by atoms with Crippen LogP contribution in [0.25, 0.3) is 0 Å². The fourth-order valence-corrected chi connectivity index (χ4v) is 7.92. The molecule has 0 amide bonds. The number of hydrogen-bond donors (Lipinski definition) is 5. The van der Waals surface area contributed by atoms with Gasteiger partial charge in [-0.1, -0.05) is 0 Å². The number of rotatable bonds is 5. The minimum Gasteiger partial charge on any atom is -0.338 e. The van der Waals surface area contributed by atoms with Crippen molar-refractivity contribution in [2.45, 2.75) is 81.3 Å². The average Bonchev–Trinajstić information content (AvgIpc) is 3.46. The molecule has 6 aliphatic rings. The standard InChI is InChI=1S/C25H44F3N9/c1-34-13-19(25(26,27)28)32-22(34)16-6-4-14(5-7-16)12-37-23-18(35(2)24(37)29)11-30-21(33-23)20-17(15-8-9-15)10-31-36(20)3/h14-23,29-33H,4-13H2,1-3H3. The van der Waals surface area contributed by atoms with E-state index in [0.29, 0.717) is 23.8 Å². The van der Waals surface area contributed by atoms with Crippen molar-refractivity contribution in [3.8, 4) is 0 Å². The minimum atomic E-state index is -4.19. The molecule has 9 nitrogen and oxygen atoms in total. The normalized spacial score (nSPS) is 44.2. The van der Waals surface area contributed by atoms with Crippen LogP contribution < -0.4 is 21.4 Å². The Hall–Kier alpha value is -1.18. The van der Waals surface area contributed by atoms with Crippen LogP contribution in [-0.4, -0.2) is 116 Å². The van der Waals surface area contributed by atoms with E-state index in [1.165, 1.54) is 12.8 Å². The molecule has 12 heteroatoms. The van der Waals surface area contributed by atoms with Crippen LogP contribution in [0.3, 0.4) is 0 Å². The van der Waals surface area contributed by atoms with E-state index in [1.54, 1.807) is 7.05 Å². The molecule has 7 unspecified atom stereocenters. The van der Waals surface area contributed by atoms with Crippen molar-refractivity contribution in [2.75, 3.05) is 47.3 Å². The van der Waals surface area contributed by atoms with Gasteiger partial charge in [0, 0.05) is 40.3 Å². The Morgan fingerprint density at radius 2 is 1.62 bits per heavy atom. The molecule has 7 atom stereocenters. The highest BCUT2D eigenvalue weighted by Gasteiger charge is 2.52. The molecular formula is C25H44F3N9. The van der Waals surface area contributed by atoms with E-state index < -0.39 is 12.2 Å². The second-order valence-electron chi connectivity index (χ2n) is 12.5. The van der Waals surface area contributed by atoms with Gasteiger partial charge >= 0.3 is 6.18 Å². The summed E-state index contributed by atoms with van der Waals surface area (Å²) in [5.74, 6) is 2.74. The quantitative estimate of drug-likeness (QED) is 0.360. The van der Waals surface area contributed by atoms with E-state index in [1.807, 2.05) is 11.9 Å². The lowest BCUT2D eigenvalue weighted by atomic mass is 9.80. The van der Waals surface area contributed by atoms with Crippen LogP contribution in [0, 0.1) is 29.1 Å². The Balaban J connectivity index is 1.07. The third-order valence-corrected chi connectivity index (χ3v) is 10.2. The Morgan fingerprint density at radius 1 is 0.919 bits per heavy atom. The van der Waals surface area contributed by atoms with Crippen molar-refractivity contribution in [3.63, 3.8) is 0 Å². The van der Waals surface area contributed by atoms with Crippen molar-refractivity contribution in [1.29, 1.82) is 5.41 Å². The topological polar surface area (TPSA) is 84.9 Å². The molecule has 4 aliphatic heterocycles. The number of fused-ring (bicyclic) bond motifs is 1. The first-order valence-corrected chi connectivity index (χ1v) is 14.2. The Kier molecular flexibility index (Phi) is 6.89. The minimum absolute atomic E-state index is 0.0304. The number of alkyl halides is 3. The Morgan fingerprint density at radius 3 is 2.27 bits per heavy atom. The maximum atomic E-state index is 13.2. The number of hydrogen-bond acceptors (Lipinski definition) is 7. The number of guanidine groups is 1. The molecule has 4 saturated heterocycles. The molecule has 37 heavy (non-hydrogen) atoms. The highest BCUT2D eigenvalue weighted by molar-refractivity contribution is 5.80. The third-order valence-electron chi connectivity index (χ3n) is 10.2. The van der Waals surface area contributed by atoms with Crippen molar-refractivity contribution < 1.29 is 13.2 Å². The summed E-state index contributed by atoms with van der Waals surface area (Å²) in [5.41, 5.74) is 3.55. The number of halogens is 3. The van der Waals surface area contributed by atoms with Gasteiger partial charge in [0.15, 0.2) is 5.96 Å². The molecule has 0 bridgehead atoms. The van der Waals surface area contributed by atoms with Crippen LogP contribution in [-0.2, 0) is 0 Å². The summed E-state index contributed by atoms with van der Waals surface area (Å²) in [7, 11) is 5.98. The van der Waals surface area contributed by atoms with Crippen LogP contribution >= 0.6 is 0 Å². The van der Waals surface area contributed by atoms with Crippen LogP contribution in [0.15, 0.2) is 0 Å². The van der Waals surface area contributed by atoms with E-state index >= 15 is 0 Å². The van der Waals surface area contributed by atoms with Crippen molar-refractivity contribution >= 4 is 5.96 Å². The van der Waals surface area contributed by atoms with Gasteiger partial charge in [0.05, 0.1) is 24.4 Å². The van der Waals surface area contributed by atoms with Gasteiger partial charge in [-0.2, -0.15) is 13.2 Å². The second kappa shape index (κ2) is 9.78. The molecule has 0 spiro atoms. The maximum Gasteiger partial charge on any atom is 0.405 e. The summed E-state index contributed by atoms with van der Waals surface area (Å²) in [6.07, 6.45) is 2.42. The second-order valence-corrected chi connectivity index (χ2v) is 12.5. The van der Waals surface area contributed by atoms with Gasteiger partial charge in [0.1, 0.15) is 12.2 Å². The third kappa shape index (κ3) is 4.86. The molecule has 210 valence electrons. The maximum absolute atomic E-state index is 13.2. The zero-order valence-corrected chi connectivity index (χ0v) is 22.3. The Labute approximate surface area is 218 Å². The van der Waals surface area contributed by atoms with E-state index in [9.17, 15) is 13.2 Å². The lowest BCUT2D eigenvalue weighted by Crippen LogP contribution is -2.70. The van der Waals surface area contributed by atoms with E-state index in [2.05, 4.69) is 43.2 Å². The molecule has 0 aromatic rings. The summed E-state index contributed by atoms with van der Waals surface area (Å²) in [6.45, 7) is 2.76. The molecule has 0 radical (unpaired) electrons. The predicted molar refractivity (Wildman–Crippen MR) is 135 cm³/mol. The van der Waals surface area contributed by atoms with Gasteiger partial charge in [-0.3, -0.25) is 31.7 Å². The molecule has 2 aliphatic carbocycles. The molecular weight excluding hydrogens is 483 g/mol. The summed E-state index contributed by atoms with van der Waals surface area (Å²) in [4.78, 5) is 6.20. The van der Waals surface area contributed by atoms with Gasteiger partial charge in [-0.05, 0) is 69.2 Å². The molecule has 6 fully saturated rings. The zero-order valence-electron chi connectivity index (χ0n) is 22.3. The number of likely N-dealkylation sites (N-methyl/N-ethyl adjacent to an activating group) is 3. The van der Waals surface area contributed by atoms with Crippen molar-refractivity contribution in [3.05, 3.63) is 0 Å². The Bertz CT molecular complexity index is 846. The highest BCUT2D eigenvalue weighted by atomic mass is 19.4. The van der Waals surface area contributed by atoms with E-state index in [-0.39, 0.29) is 37.0 Å². The van der Waals surface area contributed by atoms with Gasteiger partial charge in [0.2, 0.25) is 0 Å². The highest BCUT2D eigenvalue weighted by Crippen LogP contribution is 2.42. The summed E-state index contributed by atoms with van der Waals surface area (Å²) in [6, 6.07) is -0.817. The zero-order chi connectivity index (χ0) is 26.1. The van der Waals surface area contributed by atoms with Crippen LogP contribution in [0.1, 0.15) is 38.5 Å². The van der Waals surface area contributed by atoms with Crippen molar-refractivity contribution in [1.82, 2.24) is 41.1 Å².